The average molecular weight is 230 g/mol. The third kappa shape index (κ3) is 2.36. The van der Waals surface area contributed by atoms with Gasteiger partial charge in [0.1, 0.15) is 11.4 Å². The van der Waals surface area contributed by atoms with Crippen LogP contribution >= 0.6 is 0 Å². The summed E-state index contributed by atoms with van der Waals surface area (Å²) in [6.07, 6.45) is 0. The van der Waals surface area contributed by atoms with Crippen molar-refractivity contribution in [1.82, 2.24) is 10.3 Å². The Morgan fingerprint density at radius 1 is 1.35 bits per heavy atom. The SMILES string of the molecule is CCNC(=O)c1ccc2cc(OC)ccc2n1. The van der Waals surface area contributed by atoms with Gasteiger partial charge in [0.25, 0.3) is 5.91 Å². The Kier molecular flexibility index (Phi) is 3.23. The molecule has 4 nitrogen and oxygen atoms in total. The van der Waals surface area contributed by atoms with Crippen LogP contribution in [0, 0.1) is 0 Å². The van der Waals surface area contributed by atoms with E-state index in [1.807, 2.05) is 31.2 Å². The fourth-order valence-corrected chi connectivity index (χ4v) is 1.61. The number of pyridine rings is 1. The van der Waals surface area contributed by atoms with Gasteiger partial charge < -0.3 is 10.1 Å². The van der Waals surface area contributed by atoms with Gasteiger partial charge in [-0.2, -0.15) is 0 Å². The van der Waals surface area contributed by atoms with Crippen LogP contribution in [0.2, 0.25) is 0 Å². The van der Waals surface area contributed by atoms with Crippen molar-refractivity contribution >= 4 is 16.8 Å². The maximum Gasteiger partial charge on any atom is 0.269 e. The summed E-state index contributed by atoms with van der Waals surface area (Å²) in [5, 5.41) is 3.68. The Balaban J connectivity index is 2.41. The molecule has 0 spiro atoms. The van der Waals surface area contributed by atoms with Gasteiger partial charge in [-0.15, -0.1) is 0 Å². The summed E-state index contributed by atoms with van der Waals surface area (Å²) in [6.45, 7) is 2.48. The number of benzene rings is 1. The molecule has 2 rings (SSSR count). The minimum absolute atomic E-state index is 0.148. The van der Waals surface area contributed by atoms with Gasteiger partial charge in [-0.05, 0) is 31.2 Å². The number of ether oxygens (including phenoxy) is 1. The van der Waals surface area contributed by atoms with Crippen molar-refractivity contribution in [2.24, 2.45) is 0 Å². The molecular weight excluding hydrogens is 216 g/mol. The van der Waals surface area contributed by atoms with E-state index in [2.05, 4.69) is 10.3 Å². The van der Waals surface area contributed by atoms with Crippen LogP contribution in [-0.4, -0.2) is 24.5 Å². The van der Waals surface area contributed by atoms with Gasteiger partial charge in [0, 0.05) is 11.9 Å². The molecule has 4 heteroatoms. The molecule has 17 heavy (non-hydrogen) atoms. The number of hydrogen-bond donors (Lipinski definition) is 1. The molecule has 1 amide bonds. The van der Waals surface area contributed by atoms with Gasteiger partial charge in [0.2, 0.25) is 0 Å². The Hall–Kier alpha value is -2.10. The number of nitrogens with zero attached hydrogens (tertiary/aromatic N) is 1. The summed E-state index contributed by atoms with van der Waals surface area (Å²) >= 11 is 0. The lowest BCUT2D eigenvalue weighted by Crippen LogP contribution is -2.23. The zero-order valence-corrected chi connectivity index (χ0v) is 9.86. The van der Waals surface area contributed by atoms with E-state index in [0.717, 1.165) is 16.7 Å². The van der Waals surface area contributed by atoms with Gasteiger partial charge in [-0.25, -0.2) is 4.98 Å². The molecule has 2 aromatic rings. The summed E-state index contributed by atoms with van der Waals surface area (Å²) < 4.78 is 5.13. The van der Waals surface area contributed by atoms with Gasteiger partial charge in [-0.3, -0.25) is 4.79 Å². The number of carbonyl (C=O) groups is 1. The quantitative estimate of drug-likeness (QED) is 0.877. The Morgan fingerprint density at radius 3 is 2.88 bits per heavy atom. The Labute approximate surface area is 99.6 Å². The van der Waals surface area contributed by atoms with E-state index in [1.165, 1.54) is 0 Å². The second-order valence-electron chi connectivity index (χ2n) is 3.61. The highest BCUT2D eigenvalue weighted by Gasteiger charge is 2.06. The normalized spacial score (nSPS) is 10.2. The van der Waals surface area contributed by atoms with Crippen LogP contribution in [0.3, 0.4) is 0 Å². The predicted octanol–water partition coefficient (Wildman–Crippen LogP) is 1.99. The molecule has 0 unspecified atom stereocenters. The minimum Gasteiger partial charge on any atom is -0.497 e. The molecule has 1 heterocycles. The van der Waals surface area contributed by atoms with Crippen LogP contribution in [0.4, 0.5) is 0 Å². The maximum atomic E-state index is 11.6. The predicted molar refractivity (Wildman–Crippen MR) is 66.3 cm³/mol. The summed E-state index contributed by atoms with van der Waals surface area (Å²) in [4.78, 5) is 15.9. The zero-order valence-electron chi connectivity index (χ0n) is 9.86. The van der Waals surface area contributed by atoms with Gasteiger partial charge in [0.05, 0.1) is 12.6 Å². The highest BCUT2D eigenvalue weighted by molar-refractivity contribution is 5.95. The maximum absolute atomic E-state index is 11.6. The molecule has 0 saturated carbocycles. The second-order valence-corrected chi connectivity index (χ2v) is 3.61. The molecule has 1 N–H and O–H groups in total. The molecule has 0 radical (unpaired) electrons. The van der Waals surface area contributed by atoms with Crippen LogP contribution in [-0.2, 0) is 0 Å². The molecule has 0 bridgehead atoms. The fourth-order valence-electron chi connectivity index (χ4n) is 1.61. The number of hydrogen-bond acceptors (Lipinski definition) is 3. The lowest BCUT2D eigenvalue weighted by molar-refractivity contribution is 0.0951. The van der Waals surface area contributed by atoms with E-state index in [9.17, 15) is 4.79 Å². The topological polar surface area (TPSA) is 51.2 Å². The average Bonchev–Trinajstić information content (AvgIpc) is 2.37. The molecular formula is C13H14N2O2. The van der Waals surface area contributed by atoms with Crippen molar-refractivity contribution in [3.8, 4) is 5.75 Å². The fraction of sp³-hybridized carbons (Fsp3) is 0.231. The third-order valence-electron chi connectivity index (χ3n) is 2.47. The van der Waals surface area contributed by atoms with E-state index in [4.69, 9.17) is 4.74 Å². The van der Waals surface area contributed by atoms with E-state index < -0.39 is 0 Å². The number of rotatable bonds is 3. The first-order valence-corrected chi connectivity index (χ1v) is 5.47. The number of aromatic nitrogens is 1. The summed E-state index contributed by atoms with van der Waals surface area (Å²) in [7, 11) is 1.62. The lowest BCUT2D eigenvalue weighted by atomic mass is 10.2. The molecule has 1 aromatic heterocycles. The van der Waals surface area contributed by atoms with Crippen LogP contribution in [0.1, 0.15) is 17.4 Å². The first kappa shape index (κ1) is 11.4. The monoisotopic (exact) mass is 230 g/mol. The second kappa shape index (κ2) is 4.82. The highest BCUT2D eigenvalue weighted by atomic mass is 16.5. The summed E-state index contributed by atoms with van der Waals surface area (Å²) in [6, 6.07) is 9.15. The molecule has 88 valence electrons. The number of methoxy groups -OCH3 is 1. The summed E-state index contributed by atoms with van der Waals surface area (Å²) in [5.41, 5.74) is 1.22. The standard InChI is InChI=1S/C13H14N2O2/c1-3-14-13(16)12-6-4-9-8-10(17-2)5-7-11(9)15-12/h4-8H,3H2,1-2H3,(H,14,16). The summed E-state index contributed by atoms with van der Waals surface area (Å²) in [5.74, 6) is 0.635. The van der Waals surface area contributed by atoms with Crippen LogP contribution in [0.15, 0.2) is 30.3 Å². The molecule has 0 saturated heterocycles. The number of amides is 1. The molecule has 0 atom stereocenters. The molecule has 0 aliphatic rings. The van der Waals surface area contributed by atoms with Crippen LogP contribution < -0.4 is 10.1 Å². The van der Waals surface area contributed by atoms with Crippen molar-refractivity contribution in [1.29, 1.82) is 0 Å². The van der Waals surface area contributed by atoms with Gasteiger partial charge in [0.15, 0.2) is 0 Å². The highest BCUT2D eigenvalue weighted by Crippen LogP contribution is 2.19. The van der Waals surface area contributed by atoms with E-state index in [0.29, 0.717) is 12.2 Å². The molecule has 0 aliphatic heterocycles. The van der Waals surface area contributed by atoms with Crippen molar-refractivity contribution < 1.29 is 9.53 Å². The lowest BCUT2D eigenvalue weighted by Gasteiger charge is -2.04. The van der Waals surface area contributed by atoms with Gasteiger partial charge >= 0.3 is 0 Å². The van der Waals surface area contributed by atoms with E-state index >= 15 is 0 Å². The number of carbonyl (C=O) groups excluding carboxylic acids is 1. The van der Waals surface area contributed by atoms with Crippen molar-refractivity contribution in [2.45, 2.75) is 6.92 Å². The minimum atomic E-state index is -0.148. The van der Waals surface area contributed by atoms with E-state index in [-0.39, 0.29) is 5.91 Å². The molecule has 0 fully saturated rings. The smallest absolute Gasteiger partial charge is 0.269 e. The number of fused-ring (bicyclic) bond motifs is 1. The first-order valence-electron chi connectivity index (χ1n) is 5.47. The van der Waals surface area contributed by atoms with Crippen LogP contribution in [0.25, 0.3) is 10.9 Å². The molecule has 1 aromatic carbocycles. The molecule has 0 aliphatic carbocycles. The van der Waals surface area contributed by atoms with Crippen molar-refractivity contribution in [3.63, 3.8) is 0 Å². The van der Waals surface area contributed by atoms with Gasteiger partial charge in [-0.1, -0.05) is 6.07 Å². The van der Waals surface area contributed by atoms with E-state index in [1.54, 1.807) is 13.2 Å². The Bertz CT molecular complexity index is 552. The van der Waals surface area contributed by atoms with Crippen LogP contribution in [0.5, 0.6) is 5.75 Å². The zero-order chi connectivity index (χ0) is 12.3. The number of nitrogens with one attached hydrogen (secondary N) is 1. The Morgan fingerprint density at radius 2 is 2.18 bits per heavy atom. The van der Waals surface area contributed by atoms with Crippen molar-refractivity contribution in [2.75, 3.05) is 13.7 Å². The third-order valence-corrected chi connectivity index (χ3v) is 2.47. The largest absolute Gasteiger partial charge is 0.497 e. The first-order chi connectivity index (χ1) is 8.24. The van der Waals surface area contributed by atoms with Crippen molar-refractivity contribution in [3.05, 3.63) is 36.0 Å².